The number of hydrogen-bond donors (Lipinski definition) is 0. The molecule has 11 aromatic carbocycles. The minimum Gasteiger partial charge on any atom is -0.310 e. The minimum absolute atomic E-state index is 0.980. The Labute approximate surface area is 371 Å². The molecule has 0 fully saturated rings. The first-order chi connectivity index (χ1) is 31.1. The third-order valence-corrected chi connectivity index (χ3v) is 14.6. The summed E-state index contributed by atoms with van der Waals surface area (Å²) in [4.78, 5) is 12.8. The van der Waals surface area contributed by atoms with Crippen molar-refractivity contribution < 1.29 is 0 Å². The molecule has 2 aromatic heterocycles. The van der Waals surface area contributed by atoms with Crippen molar-refractivity contribution in [3.63, 3.8) is 0 Å². The molecule has 63 heavy (non-hydrogen) atoms. The fraction of sp³-hybridized carbons (Fsp3) is 0. The van der Waals surface area contributed by atoms with Crippen LogP contribution >= 0.6 is 22.7 Å². The minimum atomic E-state index is 0.980. The van der Waals surface area contributed by atoms with Crippen molar-refractivity contribution in [1.29, 1.82) is 0 Å². The summed E-state index contributed by atoms with van der Waals surface area (Å²) in [6.45, 7) is 0. The lowest BCUT2D eigenvalue weighted by molar-refractivity contribution is 1.29. The Bertz CT molecular complexity index is 3800. The molecule has 294 valence electrons. The molecular weight excluding hydrogens is 803 g/mol. The van der Waals surface area contributed by atoms with Gasteiger partial charge in [-0.15, -0.1) is 22.7 Å². The summed E-state index contributed by atoms with van der Waals surface area (Å²) in [6, 6.07) is 77.2. The summed E-state index contributed by atoms with van der Waals surface area (Å²) in [5, 5.41) is 14.3. The van der Waals surface area contributed by atoms with Crippen molar-refractivity contribution >= 4 is 114 Å². The second-order valence-corrected chi connectivity index (χ2v) is 18.3. The molecular formula is C58H35N3S2. The zero-order valence-corrected chi connectivity index (χ0v) is 35.5. The van der Waals surface area contributed by atoms with Crippen molar-refractivity contribution in [3.8, 4) is 32.3 Å². The number of fused-ring (bicyclic) bond motifs is 8. The van der Waals surface area contributed by atoms with Gasteiger partial charge < -0.3 is 4.90 Å². The van der Waals surface area contributed by atoms with Gasteiger partial charge in [0.25, 0.3) is 0 Å². The van der Waals surface area contributed by atoms with Gasteiger partial charge in [0.2, 0.25) is 0 Å². The molecule has 0 saturated carbocycles. The van der Waals surface area contributed by atoms with Crippen LogP contribution in [0.5, 0.6) is 0 Å². The van der Waals surface area contributed by atoms with Gasteiger partial charge in [0.1, 0.15) is 10.0 Å². The van der Waals surface area contributed by atoms with Crippen LogP contribution in [0.1, 0.15) is 0 Å². The van der Waals surface area contributed by atoms with E-state index in [1.807, 2.05) is 0 Å². The lowest BCUT2D eigenvalue weighted by Gasteiger charge is -2.26. The van der Waals surface area contributed by atoms with Gasteiger partial charge in [0, 0.05) is 28.2 Å². The molecule has 5 heteroatoms. The molecule has 0 unspecified atom stereocenters. The number of aromatic nitrogens is 2. The highest BCUT2D eigenvalue weighted by molar-refractivity contribution is 7.22. The second-order valence-electron chi connectivity index (χ2n) is 16.3. The van der Waals surface area contributed by atoms with Crippen molar-refractivity contribution in [1.82, 2.24) is 9.97 Å². The number of thiazole rings is 2. The van der Waals surface area contributed by atoms with Crippen LogP contribution in [0.15, 0.2) is 212 Å². The standard InChI is InChI=1S/C58H35N3S2/c1-4-10-39-29-42(16-13-36(39)7-1)43-21-25-51-44(30-43)17-18-45-33-48(22-26-52(45)51)61(49-23-27-55-53(34-49)59-57(62-55)46-19-14-37-8-2-5-11-40(37)31-46)50-24-28-56-54(35-50)60-58(63-56)47-20-15-38-9-3-6-12-41(38)32-47/h1-35H. The van der Waals surface area contributed by atoms with E-state index in [9.17, 15) is 0 Å². The van der Waals surface area contributed by atoms with Gasteiger partial charge >= 0.3 is 0 Å². The van der Waals surface area contributed by atoms with E-state index in [0.29, 0.717) is 0 Å². The summed E-state index contributed by atoms with van der Waals surface area (Å²) in [5.74, 6) is 0. The zero-order chi connectivity index (χ0) is 41.4. The number of benzene rings is 11. The van der Waals surface area contributed by atoms with Crippen LogP contribution in [0.3, 0.4) is 0 Å². The van der Waals surface area contributed by atoms with E-state index in [1.165, 1.54) is 65.0 Å². The molecule has 0 saturated heterocycles. The van der Waals surface area contributed by atoms with E-state index in [2.05, 4.69) is 217 Å². The van der Waals surface area contributed by atoms with Crippen molar-refractivity contribution in [2.24, 2.45) is 0 Å². The van der Waals surface area contributed by atoms with E-state index < -0.39 is 0 Å². The Morgan fingerprint density at radius 2 is 0.651 bits per heavy atom. The molecule has 0 N–H and O–H groups in total. The molecule has 3 nitrogen and oxygen atoms in total. The molecule has 0 aliphatic carbocycles. The average molecular weight is 838 g/mol. The van der Waals surface area contributed by atoms with E-state index in [4.69, 9.17) is 9.97 Å². The van der Waals surface area contributed by atoms with E-state index in [0.717, 1.165) is 58.6 Å². The predicted molar refractivity (Wildman–Crippen MR) is 271 cm³/mol. The van der Waals surface area contributed by atoms with Crippen molar-refractivity contribution in [2.45, 2.75) is 0 Å². The Hall–Kier alpha value is -7.70. The maximum absolute atomic E-state index is 5.24. The number of hydrogen-bond acceptors (Lipinski definition) is 5. The summed E-state index contributed by atoms with van der Waals surface area (Å²) in [7, 11) is 0. The smallest absolute Gasteiger partial charge is 0.124 e. The highest BCUT2D eigenvalue weighted by Crippen LogP contribution is 2.43. The van der Waals surface area contributed by atoms with Crippen LogP contribution in [0.4, 0.5) is 17.1 Å². The van der Waals surface area contributed by atoms with Gasteiger partial charge in [-0.3, -0.25) is 0 Å². The third kappa shape index (κ3) is 6.32. The Morgan fingerprint density at radius 3 is 1.17 bits per heavy atom. The van der Waals surface area contributed by atoms with Gasteiger partial charge in [-0.05, 0) is 138 Å². The summed E-state index contributed by atoms with van der Waals surface area (Å²) >= 11 is 3.48. The van der Waals surface area contributed by atoms with Crippen LogP contribution in [0.25, 0.3) is 107 Å². The van der Waals surface area contributed by atoms with Crippen LogP contribution in [-0.4, -0.2) is 9.97 Å². The van der Waals surface area contributed by atoms with Gasteiger partial charge in [-0.1, -0.05) is 140 Å². The quantitative estimate of drug-likeness (QED) is 0.156. The molecule has 0 amide bonds. The van der Waals surface area contributed by atoms with Gasteiger partial charge in [-0.2, -0.15) is 0 Å². The highest BCUT2D eigenvalue weighted by atomic mass is 32.1. The molecule has 13 rings (SSSR count). The first-order valence-electron chi connectivity index (χ1n) is 21.2. The molecule has 13 aromatic rings. The fourth-order valence-corrected chi connectivity index (χ4v) is 11.1. The lowest BCUT2D eigenvalue weighted by atomic mass is 9.96. The maximum atomic E-state index is 5.24. The largest absolute Gasteiger partial charge is 0.310 e. The molecule has 0 spiro atoms. The van der Waals surface area contributed by atoms with E-state index >= 15 is 0 Å². The first kappa shape index (κ1) is 36.0. The third-order valence-electron chi connectivity index (χ3n) is 12.4. The van der Waals surface area contributed by atoms with Crippen molar-refractivity contribution in [3.05, 3.63) is 212 Å². The second kappa shape index (κ2) is 14.5. The summed E-state index contributed by atoms with van der Waals surface area (Å²) in [6.07, 6.45) is 0. The highest BCUT2D eigenvalue weighted by Gasteiger charge is 2.18. The van der Waals surface area contributed by atoms with Gasteiger partial charge in [0.05, 0.1) is 20.4 Å². The molecule has 0 aliphatic heterocycles. The fourth-order valence-electron chi connectivity index (χ4n) is 9.19. The average Bonchev–Trinajstić information content (AvgIpc) is 3.98. The summed E-state index contributed by atoms with van der Waals surface area (Å²) < 4.78 is 2.31. The molecule has 0 bridgehead atoms. The Balaban J connectivity index is 0.922. The van der Waals surface area contributed by atoms with E-state index in [-0.39, 0.29) is 0 Å². The monoisotopic (exact) mass is 837 g/mol. The normalized spacial score (nSPS) is 11.8. The number of anilines is 3. The van der Waals surface area contributed by atoms with Crippen LogP contribution in [-0.2, 0) is 0 Å². The molecule has 2 heterocycles. The van der Waals surface area contributed by atoms with E-state index in [1.54, 1.807) is 22.7 Å². The molecule has 0 atom stereocenters. The van der Waals surface area contributed by atoms with Gasteiger partial charge in [0.15, 0.2) is 0 Å². The lowest BCUT2D eigenvalue weighted by Crippen LogP contribution is -2.09. The Morgan fingerprint density at radius 1 is 0.286 bits per heavy atom. The topological polar surface area (TPSA) is 29.0 Å². The SMILES string of the molecule is c1ccc2cc(-c3ccc4c(ccc5cc(N(c6ccc7sc(-c8ccc9ccccc9c8)nc7c6)c6ccc7sc(-c8ccc9ccccc9c8)nc7c6)ccc54)c3)ccc2c1. The summed E-state index contributed by atoms with van der Waals surface area (Å²) in [5.41, 5.74) is 9.84. The van der Waals surface area contributed by atoms with Crippen LogP contribution < -0.4 is 4.90 Å². The van der Waals surface area contributed by atoms with Crippen LogP contribution in [0, 0.1) is 0 Å². The Kier molecular flexibility index (Phi) is 8.26. The van der Waals surface area contributed by atoms with Gasteiger partial charge in [-0.25, -0.2) is 9.97 Å². The number of rotatable bonds is 6. The van der Waals surface area contributed by atoms with Crippen LogP contribution in [0.2, 0.25) is 0 Å². The predicted octanol–water partition coefficient (Wildman–Crippen LogP) is 17.1. The maximum Gasteiger partial charge on any atom is 0.124 e. The first-order valence-corrected chi connectivity index (χ1v) is 22.8. The van der Waals surface area contributed by atoms with Crippen molar-refractivity contribution in [2.75, 3.05) is 4.90 Å². The molecule has 0 aliphatic rings. The number of nitrogens with zero attached hydrogens (tertiary/aromatic N) is 3. The zero-order valence-electron chi connectivity index (χ0n) is 33.9. The molecule has 0 radical (unpaired) electrons.